The minimum Gasteiger partial charge on any atom is -0.481 e. The molecule has 6 heteroatoms. The highest BCUT2D eigenvalue weighted by atomic mass is 16.6. The lowest BCUT2D eigenvalue weighted by molar-refractivity contribution is -0.146. The molecule has 0 spiro atoms. The molecule has 0 aliphatic carbocycles. The Morgan fingerprint density at radius 1 is 0.676 bits per heavy atom. The summed E-state index contributed by atoms with van der Waals surface area (Å²) in [5, 5.41) is 3.37. The van der Waals surface area contributed by atoms with E-state index in [0.717, 1.165) is 59.2 Å². The zero-order valence-electron chi connectivity index (χ0n) is 20.4. The van der Waals surface area contributed by atoms with Crippen LogP contribution in [-0.2, 0) is 25.5 Å². The fourth-order valence-corrected chi connectivity index (χ4v) is 3.87. The fourth-order valence-electron chi connectivity index (χ4n) is 3.87. The Bertz CT molecular complexity index is 1120. The van der Waals surface area contributed by atoms with E-state index < -0.39 is 11.9 Å². The topological polar surface area (TPSA) is 71.1 Å². The van der Waals surface area contributed by atoms with Crippen molar-refractivity contribution < 1.29 is 28.5 Å². The smallest absolute Gasteiger partial charge is 0.344 e. The van der Waals surface area contributed by atoms with Crippen LogP contribution in [0, 0.1) is 0 Å². The minimum absolute atomic E-state index is 0.176. The van der Waals surface area contributed by atoms with E-state index in [9.17, 15) is 9.59 Å². The lowest BCUT2D eigenvalue weighted by atomic mass is 9.94. The Labute approximate surface area is 201 Å². The summed E-state index contributed by atoms with van der Waals surface area (Å²) in [5.41, 5.74) is 1.11. The Balaban J connectivity index is 2.11. The molecule has 0 bridgehead atoms. The summed E-state index contributed by atoms with van der Waals surface area (Å²) >= 11 is 0. The molecule has 0 aromatic heterocycles. The van der Waals surface area contributed by atoms with E-state index in [-0.39, 0.29) is 13.2 Å². The Morgan fingerprint density at radius 2 is 1.24 bits per heavy atom. The number of aryl methyl sites for hydroxylation is 1. The van der Waals surface area contributed by atoms with Crippen molar-refractivity contribution in [1.29, 1.82) is 0 Å². The second-order valence-electron chi connectivity index (χ2n) is 8.17. The largest absolute Gasteiger partial charge is 0.481 e. The molecule has 0 N–H and O–H groups in total. The van der Waals surface area contributed by atoms with Gasteiger partial charge in [0.2, 0.25) is 0 Å². The molecule has 0 fully saturated rings. The van der Waals surface area contributed by atoms with Gasteiger partial charge in [-0.1, -0.05) is 69.7 Å². The maximum Gasteiger partial charge on any atom is 0.344 e. The predicted molar refractivity (Wildman–Crippen MR) is 134 cm³/mol. The number of fused-ring (bicyclic) bond motifs is 2. The maximum absolute atomic E-state index is 12.2. The Hall–Kier alpha value is -3.28. The fraction of sp³-hybridized carbons (Fsp3) is 0.429. The van der Waals surface area contributed by atoms with Gasteiger partial charge in [-0.25, -0.2) is 9.59 Å². The van der Waals surface area contributed by atoms with Crippen LogP contribution in [0.25, 0.3) is 21.5 Å². The number of unbranched alkanes of at least 4 members (excludes halogenated alkanes) is 1. The zero-order chi connectivity index (χ0) is 24.3. The van der Waals surface area contributed by atoms with Crippen LogP contribution >= 0.6 is 0 Å². The van der Waals surface area contributed by atoms with Crippen molar-refractivity contribution in [3.05, 3.63) is 48.0 Å². The molecule has 0 saturated heterocycles. The SMILES string of the molecule is CCCCc1cccc2c(OCC(=O)OCCC)c3ccccc3c(OCC(=O)OCCC)c12. The summed E-state index contributed by atoms with van der Waals surface area (Å²) in [7, 11) is 0. The third-order valence-corrected chi connectivity index (χ3v) is 5.44. The summed E-state index contributed by atoms with van der Waals surface area (Å²) in [5.74, 6) is 0.439. The van der Waals surface area contributed by atoms with Gasteiger partial charge in [-0.2, -0.15) is 0 Å². The molecule has 182 valence electrons. The van der Waals surface area contributed by atoms with E-state index in [2.05, 4.69) is 13.0 Å². The molecule has 0 aliphatic heterocycles. The molecule has 3 aromatic carbocycles. The number of rotatable bonds is 13. The molecule has 0 heterocycles. The molecule has 0 atom stereocenters. The highest BCUT2D eigenvalue weighted by molar-refractivity contribution is 6.12. The molecular formula is C28H34O6. The van der Waals surface area contributed by atoms with Crippen molar-refractivity contribution in [1.82, 2.24) is 0 Å². The monoisotopic (exact) mass is 466 g/mol. The lowest BCUT2D eigenvalue weighted by Gasteiger charge is -2.19. The van der Waals surface area contributed by atoms with Gasteiger partial charge >= 0.3 is 11.9 Å². The van der Waals surface area contributed by atoms with E-state index >= 15 is 0 Å². The first-order chi connectivity index (χ1) is 16.6. The summed E-state index contributed by atoms with van der Waals surface area (Å²) in [6, 6.07) is 13.7. The first kappa shape index (κ1) is 25.3. The highest BCUT2D eigenvalue weighted by Gasteiger charge is 2.20. The van der Waals surface area contributed by atoms with Crippen LogP contribution in [0.5, 0.6) is 11.5 Å². The number of esters is 2. The van der Waals surface area contributed by atoms with Gasteiger partial charge in [-0.15, -0.1) is 0 Å². The molecular weight excluding hydrogens is 432 g/mol. The third kappa shape index (κ3) is 6.19. The van der Waals surface area contributed by atoms with Gasteiger partial charge in [-0.3, -0.25) is 0 Å². The third-order valence-electron chi connectivity index (χ3n) is 5.44. The molecule has 6 nitrogen and oxygen atoms in total. The molecule has 0 radical (unpaired) electrons. The normalized spacial score (nSPS) is 10.9. The zero-order valence-corrected chi connectivity index (χ0v) is 20.4. The van der Waals surface area contributed by atoms with Crippen molar-refractivity contribution in [2.45, 2.75) is 52.9 Å². The van der Waals surface area contributed by atoms with Crippen molar-refractivity contribution in [2.24, 2.45) is 0 Å². The number of hydrogen-bond acceptors (Lipinski definition) is 6. The van der Waals surface area contributed by atoms with Crippen LogP contribution in [0.4, 0.5) is 0 Å². The quantitative estimate of drug-likeness (QED) is 0.227. The van der Waals surface area contributed by atoms with Gasteiger partial charge in [0.25, 0.3) is 0 Å². The van der Waals surface area contributed by atoms with Gasteiger partial charge in [0.15, 0.2) is 13.2 Å². The van der Waals surface area contributed by atoms with Gasteiger partial charge in [0.05, 0.1) is 13.2 Å². The molecule has 34 heavy (non-hydrogen) atoms. The van der Waals surface area contributed by atoms with Crippen LogP contribution in [-0.4, -0.2) is 38.4 Å². The average Bonchev–Trinajstić information content (AvgIpc) is 2.86. The second kappa shape index (κ2) is 12.8. The molecule has 0 aliphatic rings. The molecule has 0 unspecified atom stereocenters. The van der Waals surface area contributed by atoms with E-state index in [0.29, 0.717) is 24.7 Å². The van der Waals surface area contributed by atoms with Crippen molar-refractivity contribution in [2.75, 3.05) is 26.4 Å². The van der Waals surface area contributed by atoms with Crippen molar-refractivity contribution in [3.63, 3.8) is 0 Å². The van der Waals surface area contributed by atoms with E-state index in [1.54, 1.807) is 0 Å². The van der Waals surface area contributed by atoms with Gasteiger partial charge < -0.3 is 18.9 Å². The first-order valence-corrected chi connectivity index (χ1v) is 12.1. The van der Waals surface area contributed by atoms with E-state index in [4.69, 9.17) is 18.9 Å². The summed E-state index contributed by atoms with van der Waals surface area (Å²) < 4.78 is 22.6. The standard InChI is InChI=1S/C28H34O6/c1-4-7-11-20-12-10-15-23-26(20)28(34-19-25(30)32-17-6-3)22-14-9-8-13-21(22)27(23)33-18-24(29)31-16-5-2/h8-10,12-15H,4-7,11,16-19H2,1-3H3. The summed E-state index contributed by atoms with van der Waals surface area (Å²) in [4.78, 5) is 24.4. The number of ether oxygens (including phenoxy) is 4. The van der Waals surface area contributed by atoms with Crippen LogP contribution in [0.3, 0.4) is 0 Å². The summed E-state index contributed by atoms with van der Waals surface area (Å²) in [6.07, 6.45) is 4.44. The number of carbonyl (C=O) groups excluding carboxylic acids is 2. The second-order valence-corrected chi connectivity index (χ2v) is 8.17. The molecule has 0 amide bonds. The van der Waals surface area contributed by atoms with Crippen molar-refractivity contribution in [3.8, 4) is 11.5 Å². The predicted octanol–water partition coefficient (Wildman–Crippen LogP) is 6.00. The van der Waals surface area contributed by atoms with Crippen LogP contribution in [0.15, 0.2) is 42.5 Å². The summed E-state index contributed by atoms with van der Waals surface area (Å²) in [6.45, 7) is 6.43. The van der Waals surface area contributed by atoms with Crippen LogP contribution < -0.4 is 9.47 Å². The van der Waals surface area contributed by atoms with Gasteiger partial charge in [0, 0.05) is 21.5 Å². The Morgan fingerprint density at radius 3 is 1.82 bits per heavy atom. The average molecular weight is 467 g/mol. The molecule has 3 rings (SSSR count). The van der Waals surface area contributed by atoms with Crippen LogP contribution in [0.2, 0.25) is 0 Å². The number of carbonyl (C=O) groups is 2. The first-order valence-electron chi connectivity index (χ1n) is 12.1. The van der Waals surface area contributed by atoms with Gasteiger partial charge in [-0.05, 0) is 31.2 Å². The number of benzene rings is 3. The molecule has 3 aromatic rings. The van der Waals surface area contributed by atoms with Gasteiger partial charge in [0.1, 0.15) is 11.5 Å². The molecule has 0 saturated carbocycles. The maximum atomic E-state index is 12.2. The Kier molecular flexibility index (Phi) is 9.56. The van der Waals surface area contributed by atoms with E-state index in [1.807, 2.05) is 50.2 Å². The van der Waals surface area contributed by atoms with E-state index in [1.165, 1.54) is 0 Å². The minimum atomic E-state index is -0.403. The van der Waals surface area contributed by atoms with Crippen LogP contribution in [0.1, 0.15) is 52.0 Å². The highest BCUT2D eigenvalue weighted by Crippen LogP contribution is 2.44. The van der Waals surface area contributed by atoms with Crippen molar-refractivity contribution >= 4 is 33.5 Å². The lowest BCUT2D eigenvalue weighted by Crippen LogP contribution is -2.17. The number of hydrogen-bond donors (Lipinski definition) is 0.